The van der Waals surface area contributed by atoms with Gasteiger partial charge in [-0.3, -0.25) is 9.59 Å². The third kappa shape index (κ3) is 3.70. The highest BCUT2D eigenvalue weighted by molar-refractivity contribution is 6.31. The minimum atomic E-state index is -1.38. The number of aliphatic carboxylic acids is 1. The first-order valence-electron chi connectivity index (χ1n) is 5.29. The van der Waals surface area contributed by atoms with E-state index >= 15 is 0 Å². The third-order valence-electron chi connectivity index (χ3n) is 2.30. The van der Waals surface area contributed by atoms with E-state index in [2.05, 4.69) is 4.74 Å². The molecule has 0 bridgehead atoms. The molecule has 0 amide bonds. The minimum Gasteiger partial charge on any atom is -0.481 e. The molecule has 1 aromatic rings. The minimum absolute atomic E-state index is 0.0828. The van der Waals surface area contributed by atoms with Crippen LogP contribution >= 0.6 is 11.6 Å². The number of halogens is 2. The lowest BCUT2D eigenvalue weighted by atomic mass is 9.99. The first-order chi connectivity index (χ1) is 8.45. The molecule has 1 rings (SSSR count). The number of hydrogen-bond donors (Lipinski definition) is 1. The van der Waals surface area contributed by atoms with Gasteiger partial charge >= 0.3 is 11.9 Å². The zero-order valence-corrected chi connectivity index (χ0v) is 10.4. The van der Waals surface area contributed by atoms with Crippen LogP contribution in [0.15, 0.2) is 18.2 Å². The van der Waals surface area contributed by atoms with Crippen molar-refractivity contribution in [3.8, 4) is 0 Å². The Morgan fingerprint density at radius 1 is 1.50 bits per heavy atom. The topological polar surface area (TPSA) is 63.6 Å². The first-order valence-corrected chi connectivity index (χ1v) is 5.66. The van der Waals surface area contributed by atoms with E-state index in [1.165, 1.54) is 6.07 Å². The number of carboxylic acid groups (broad SMARTS) is 1. The van der Waals surface area contributed by atoms with Crippen LogP contribution in [0.4, 0.5) is 4.39 Å². The summed E-state index contributed by atoms with van der Waals surface area (Å²) in [6.07, 6.45) is -0.204. The Morgan fingerprint density at radius 2 is 2.17 bits per heavy atom. The highest BCUT2D eigenvalue weighted by atomic mass is 35.5. The number of ether oxygens (including phenoxy) is 1. The van der Waals surface area contributed by atoms with Gasteiger partial charge in [0.25, 0.3) is 0 Å². The molecule has 4 nitrogen and oxygen atoms in total. The number of carbonyl (C=O) groups is 2. The van der Waals surface area contributed by atoms with Gasteiger partial charge in [-0.2, -0.15) is 0 Å². The van der Waals surface area contributed by atoms with Crippen LogP contribution in [0.5, 0.6) is 0 Å². The normalized spacial score (nSPS) is 11.9. The monoisotopic (exact) mass is 274 g/mol. The van der Waals surface area contributed by atoms with Gasteiger partial charge < -0.3 is 9.84 Å². The zero-order valence-electron chi connectivity index (χ0n) is 9.65. The quantitative estimate of drug-likeness (QED) is 0.661. The smallest absolute Gasteiger partial charge is 0.320 e. The lowest BCUT2D eigenvalue weighted by Crippen LogP contribution is -2.28. The largest absolute Gasteiger partial charge is 0.481 e. The zero-order chi connectivity index (χ0) is 13.7. The number of carbonyl (C=O) groups excluding carboxylic acids is 1. The second-order valence-electron chi connectivity index (χ2n) is 3.58. The maximum atomic E-state index is 13.0. The van der Waals surface area contributed by atoms with Gasteiger partial charge in [-0.15, -0.1) is 0 Å². The average Bonchev–Trinajstić information content (AvgIpc) is 2.30. The summed E-state index contributed by atoms with van der Waals surface area (Å²) in [5.74, 6) is -4.11. The van der Waals surface area contributed by atoms with E-state index in [4.69, 9.17) is 16.7 Å². The highest BCUT2D eigenvalue weighted by Crippen LogP contribution is 2.21. The van der Waals surface area contributed by atoms with Gasteiger partial charge in [-0.1, -0.05) is 11.6 Å². The Kier molecular flexibility index (Phi) is 5.09. The fourth-order valence-electron chi connectivity index (χ4n) is 1.43. The summed E-state index contributed by atoms with van der Waals surface area (Å²) in [5.41, 5.74) is 0.261. The molecule has 0 saturated heterocycles. The average molecular weight is 275 g/mol. The highest BCUT2D eigenvalue weighted by Gasteiger charge is 2.28. The Hall–Kier alpha value is -1.62. The molecule has 0 aliphatic rings. The molecule has 0 saturated carbocycles. The van der Waals surface area contributed by atoms with Crippen molar-refractivity contribution in [2.45, 2.75) is 13.3 Å². The van der Waals surface area contributed by atoms with Crippen LogP contribution in [0.1, 0.15) is 12.5 Å². The van der Waals surface area contributed by atoms with Gasteiger partial charge in [0.2, 0.25) is 0 Å². The summed E-state index contributed by atoms with van der Waals surface area (Å²) in [4.78, 5) is 22.4. The van der Waals surface area contributed by atoms with E-state index < -0.39 is 23.7 Å². The number of hydrogen-bond acceptors (Lipinski definition) is 3. The summed E-state index contributed by atoms with van der Waals surface area (Å²) in [7, 11) is 0. The molecule has 0 aliphatic carbocycles. The first kappa shape index (κ1) is 14.4. The van der Waals surface area contributed by atoms with Crippen molar-refractivity contribution in [2.75, 3.05) is 6.61 Å². The molecule has 0 aromatic heterocycles. The van der Waals surface area contributed by atoms with Crippen LogP contribution in [0.3, 0.4) is 0 Å². The Labute approximate surface area is 108 Å². The van der Waals surface area contributed by atoms with Gasteiger partial charge in [0, 0.05) is 5.02 Å². The maximum absolute atomic E-state index is 13.0. The predicted octanol–water partition coefficient (Wildman–Crippen LogP) is 2.29. The summed E-state index contributed by atoms with van der Waals surface area (Å²) < 4.78 is 17.7. The van der Waals surface area contributed by atoms with Gasteiger partial charge in [-0.05, 0) is 37.1 Å². The molecule has 18 heavy (non-hydrogen) atoms. The van der Waals surface area contributed by atoms with Crippen LogP contribution in [0.2, 0.25) is 5.02 Å². The summed E-state index contributed by atoms with van der Waals surface area (Å²) in [6.45, 7) is 1.66. The Morgan fingerprint density at radius 3 is 2.72 bits per heavy atom. The molecule has 0 radical (unpaired) electrons. The molecule has 1 aromatic carbocycles. The molecule has 0 fully saturated rings. The molecule has 98 valence electrons. The molecule has 6 heteroatoms. The van der Waals surface area contributed by atoms with Crippen LogP contribution < -0.4 is 0 Å². The summed E-state index contributed by atoms with van der Waals surface area (Å²) in [5, 5.41) is 9.17. The summed E-state index contributed by atoms with van der Waals surface area (Å²) in [6, 6.07) is 3.58. The second kappa shape index (κ2) is 6.35. The third-order valence-corrected chi connectivity index (χ3v) is 2.67. The van der Waals surface area contributed by atoms with Crippen LogP contribution in [-0.2, 0) is 20.7 Å². The van der Waals surface area contributed by atoms with E-state index in [1.54, 1.807) is 6.92 Å². The fraction of sp³-hybridized carbons (Fsp3) is 0.333. The molecule has 1 unspecified atom stereocenters. The molecular weight excluding hydrogens is 263 g/mol. The predicted molar refractivity (Wildman–Crippen MR) is 62.9 cm³/mol. The van der Waals surface area contributed by atoms with E-state index in [0.717, 1.165) is 12.1 Å². The SMILES string of the molecule is CCOC(=O)C(Cc1cc(F)ccc1Cl)C(=O)O. The number of rotatable bonds is 5. The van der Waals surface area contributed by atoms with Crippen molar-refractivity contribution in [2.24, 2.45) is 5.92 Å². The van der Waals surface area contributed by atoms with Crippen molar-refractivity contribution in [3.05, 3.63) is 34.6 Å². The standard InChI is InChI=1S/C12H12ClFO4/c1-2-18-12(17)9(11(15)16)6-7-5-8(14)3-4-10(7)13/h3-5,9H,2,6H2,1H3,(H,15,16). The molecule has 1 N–H and O–H groups in total. The Bertz CT molecular complexity index is 461. The lowest BCUT2D eigenvalue weighted by Gasteiger charge is -2.12. The van der Waals surface area contributed by atoms with Crippen molar-refractivity contribution >= 4 is 23.5 Å². The van der Waals surface area contributed by atoms with Crippen molar-refractivity contribution in [3.63, 3.8) is 0 Å². The second-order valence-corrected chi connectivity index (χ2v) is 3.99. The van der Waals surface area contributed by atoms with Gasteiger partial charge in [0.1, 0.15) is 5.82 Å². The number of carboxylic acids is 1. The fourth-order valence-corrected chi connectivity index (χ4v) is 1.63. The van der Waals surface area contributed by atoms with E-state index in [9.17, 15) is 14.0 Å². The molecule has 0 aliphatic heterocycles. The summed E-state index contributed by atoms with van der Waals surface area (Å²) >= 11 is 5.82. The van der Waals surface area contributed by atoms with E-state index in [-0.39, 0.29) is 23.6 Å². The molecule has 0 heterocycles. The van der Waals surface area contributed by atoms with Crippen molar-refractivity contribution in [1.82, 2.24) is 0 Å². The van der Waals surface area contributed by atoms with Crippen LogP contribution in [0.25, 0.3) is 0 Å². The molecular formula is C12H12ClFO4. The molecule has 1 atom stereocenters. The van der Waals surface area contributed by atoms with Crippen LogP contribution in [-0.4, -0.2) is 23.7 Å². The maximum Gasteiger partial charge on any atom is 0.320 e. The van der Waals surface area contributed by atoms with Crippen LogP contribution in [0, 0.1) is 11.7 Å². The van der Waals surface area contributed by atoms with Gasteiger partial charge in [0.15, 0.2) is 5.92 Å². The van der Waals surface area contributed by atoms with E-state index in [1.807, 2.05) is 0 Å². The van der Waals surface area contributed by atoms with E-state index in [0.29, 0.717) is 0 Å². The van der Waals surface area contributed by atoms with Gasteiger partial charge in [-0.25, -0.2) is 4.39 Å². The Balaban J connectivity index is 2.93. The van der Waals surface area contributed by atoms with Crippen molar-refractivity contribution < 1.29 is 23.8 Å². The van der Waals surface area contributed by atoms with Crippen molar-refractivity contribution in [1.29, 1.82) is 0 Å². The number of esters is 1. The lowest BCUT2D eigenvalue weighted by molar-refractivity contribution is -0.158. The number of benzene rings is 1. The molecule has 0 spiro atoms. The van der Waals surface area contributed by atoms with Gasteiger partial charge in [0.05, 0.1) is 6.61 Å².